The van der Waals surface area contributed by atoms with Crippen molar-refractivity contribution in [1.29, 1.82) is 0 Å². The second-order valence-corrected chi connectivity index (χ2v) is 7.57. The maximum atomic E-state index is 12.5. The molecule has 102 valence electrons. The van der Waals surface area contributed by atoms with Gasteiger partial charge < -0.3 is 0 Å². The maximum Gasteiger partial charge on any atom is 0.243 e. The van der Waals surface area contributed by atoms with Crippen molar-refractivity contribution in [3.8, 4) is 0 Å². The van der Waals surface area contributed by atoms with E-state index in [0.29, 0.717) is 11.4 Å². The summed E-state index contributed by atoms with van der Waals surface area (Å²) in [5.74, 6) is 0. The third-order valence-corrected chi connectivity index (χ3v) is 6.09. The van der Waals surface area contributed by atoms with Crippen molar-refractivity contribution in [3.63, 3.8) is 0 Å². The molecule has 0 N–H and O–H groups in total. The molecule has 0 saturated carbocycles. The molecular formula is C14H17NO2S2. The summed E-state index contributed by atoms with van der Waals surface area (Å²) in [4.78, 5) is 1.46. The molecule has 0 aliphatic carbocycles. The lowest BCUT2D eigenvalue weighted by Crippen LogP contribution is -2.27. The van der Waals surface area contributed by atoms with Crippen LogP contribution in [0.2, 0.25) is 0 Å². The molecule has 19 heavy (non-hydrogen) atoms. The Labute approximate surface area is 118 Å². The Morgan fingerprint density at radius 1 is 1.11 bits per heavy atom. The van der Waals surface area contributed by atoms with Crippen molar-refractivity contribution < 1.29 is 8.42 Å². The van der Waals surface area contributed by atoms with Crippen molar-refractivity contribution in [2.75, 3.05) is 7.05 Å². The quantitative estimate of drug-likeness (QED) is 0.868. The summed E-state index contributed by atoms with van der Waals surface area (Å²) in [6.07, 6.45) is 0. The average molecular weight is 295 g/mol. The zero-order valence-corrected chi connectivity index (χ0v) is 12.9. The lowest BCUT2D eigenvalue weighted by Gasteiger charge is -2.18. The number of thiophene rings is 1. The summed E-state index contributed by atoms with van der Waals surface area (Å²) in [6, 6.07) is 9.08. The molecule has 1 aromatic carbocycles. The molecule has 0 aliphatic rings. The third kappa shape index (κ3) is 2.88. The van der Waals surface area contributed by atoms with Gasteiger partial charge in [-0.25, -0.2) is 8.42 Å². The molecule has 3 nitrogen and oxygen atoms in total. The van der Waals surface area contributed by atoms with Crippen molar-refractivity contribution in [2.45, 2.75) is 25.3 Å². The first-order valence-corrected chi connectivity index (χ1v) is 8.30. The van der Waals surface area contributed by atoms with Gasteiger partial charge in [0.05, 0.1) is 4.90 Å². The maximum absolute atomic E-state index is 12.5. The summed E-state index contributed by atoms with van der Waals surface area (Å²) in [5.41, 5.74) is 1.91. The van der Waals surface area contributed by atoms with Crippen LogP contribution in [0.15, 0.2) is 40.6 Å². The molecule has 0 amide bonds. The highest BCUT2D eigenvalue weighted by Crippen LogP contribution is 2.23. The number of benzene rings is 1. The van der Waals surface area contributed by atoms with E-state index in [1.165, 1.54) is 4.31 Å². The van der Waals surface area contributed by atoms with Gasteiger partial charge in [-0.15, -0.1) is 11.3 Å². The monoisotopic (exact) mass is 295 g/mol. The van der Waals surface area contributed by atoms with Gasteiger partial charge in [0, 0.05) is 18.5 Å². The normalized spacial score (nSPS) is 12.0. The van der Waals surface area contributed by atoms with E-state index in [1.54, 1.807) is 30.5 Å². The minimum absolute atomic E-state index is 0.381. The van der Waals surface area contributed by atoms with Crippen molar-refractivity contribution in [1.82, 2.24) is 4.31 Å². The zero-order chi connectivity index (χ0) is 14.0. The van der Waals surface area contributed by atoms with Gasteiger partial charge in [0.2, 0.25) is 10.0 Å². The van der Waals surface area contributed by atoms with Crippen molar-refractivity contribution in [2.24, 2.45) is 0 Å². The van der Waals surface area contributed by atoms with Crippen LogP contribution >= 0.6 is 11.3 Å². The number of rotatable bonds is 4. The van der Waals surface area contributed by atoms with E-state index in [2.05, 4.69) is 0 Å². The van der Waals surface area contributed by atoms with E-state index in [0.717, 1.165) is 16.0 Å². The van der Waals surface area contributed by atoms with E-state index in [9.17, 15) is 8.42 Å². The molecule has 0 saturated heterocycles. The van der Waals surface area contributed by atoms with Crippen LogP contribution in [0, 0.1) is 13.8 Å². The number of aryl methyl sites for hydroxylation is 2. The fourth-order valence-corrected chi connectivity index (χ4v) is 4.27. The van der Waals surface area contributed by atoms with Gasteiger partial charge in [0.25, 0.3) is 0 Å². The summed E-state index contributed by atoms with van der Waals surface area (Å²) < 4.78 is 26.5. The molecule has 0 fully saturated rings. The first kappa shape index (κ1) is 14.2. The average Bonchev–Trinajstić information content (AvgIpc) is 2.75. The molecule has 1 heterocycles. The minimum atomic E-state index is -3.42. The largest absolute Gasteiger partial charge is 0.243 e. The van der Waals surface area contributed by atoms with Crippen LogP contribution in [0.4, 0.5) is 0 Å². The van der Waals surface area contributed by atoms with E-state index in [-0.39, 0.29) is 0 Å². The third-order valence-electron chi connectivity index (χ3n) is 3.12. The Balaban J connectivity index is 2.30. The molecule has 0 atom stereocenters. The number of nitrogens with zero attached hydrogens (tertiary/aromatic N) is 1. The second kappa shape index (κ2) is 5.45. The molecule has 0 aliphatic heterocycles. The molecule has 0 spiro atoms. The van der Waals surface area contributed by atoms with Crippen LogP contribution in [-0.2, 0) is 16.6 Å². The van der Waals surface area contributed by atoms with Gasteiger partial charge in [0.1, 0.15) is 0 Å². The lowest BCUT2D eigenvalue weighted by molar-refractivity contribution is 0.468. The Hall–Kier alpha value is -1.17. The summed E-state index contributed by atoms with van der Waals surface area (Å²) in [6.45, 7) is 4.23. The van der Waals surface area contributed by atoms with Gasteiger partial charge in [-0.05, 0) is 42.5 Å². The topological polar surface area (TPSA) is 37.4 Å². The number of sulfonamides is 1. The molecular weight excluding hydrogens is 278 g/mol. The van der Waals surface area contributed by atoms with Crippen LogP contribution in [-0.4, -0.2) is 19.8 Å². The lowest BCUT2D eigenvalue weighted by atomic mass is 10.2. The molecule has 2 rings (SSSR count). The highest BCUT2D eigenvalue weighted by atomic mass is 32.2. The smallest absolute Gasteiger partial charge is 0.207 e. The first-order valence-electron chi connectivity index (χ1n) is 5.98. The van der Waals surface area contributed by atoms with Crippen LogP contribution in [0.3, 0.4) is 0 Å². The highest BCUT2D eigenvalue weighted by molar-refractivity contribution is 7.89. The molecule has 5 heteroatoms. The summed E-state index contributed by atoms with van der Waals surface area (Å²) in [5, 5.41) is 1.99. The van der Waals surface area contributed by atoms with Gasteiger partial charge in [-0.3, -0.25) is 0 Å². The summed E-state index contributed by atoms with van der Waals surface area (Å²) >= 11 is 1.59. The van der Waals surface area contributed by atoms with Gasteiger partial charge in [-0.2, -0.15) is 4.31 Å². The first-order chi connectivity index (χ1) is 8.93. The molecule has 1 aromatic heterocycles. The SMILES string of the molecule is Cc1ccccc1S(=O)(=O)N(C)Cc1sccc1C. The van der Waals surface area contributed by atoms with Crippen LogP contribution < -0.4 is 0 Å². The van der Waals surface area contributed by atoms with E-state index < -0.39 is 10.0 Å². The van der Waals surface area contributed by atoms with E-state index in [1.807, 2.05) is 37.4 Å². The highest BCUT2D eigenvalue weighted by Gasteiger charge is 2.23. The van der Waals surface area contributed by atoms with Crippen molar-refractivity contribution >= 4 is 21.4 Å². The standard InChI is InChI=1S/C14H17NO2S2/c1-11-8-9-18-13(11)10-15(3)19(16,17)14-7-5-4-6-12(14)2/h4-9H,10H2,1-3H3. The molecule has 0 radical (unpaired) electrons. The number of hydrogen-bond acceptors (Lipinski definition) is 3. The zero-order valence-electron chi connectivity index (χ0n) is 11.3. The number of hydrogen-bond donors (Lipinski definition) is 0. The van der Waals surface area contributed by atoms with E-state index >= 15 is 0 Å². The molecule has 2 aromatic rings. The Bertz CT molecular complexity index is 674. The molecule has 0 unspecified atom stereocenters. The fraction of sp³-hybridized carbons (Fsp3) is 0.286. The predicted octanol–water partition coefficient (Wildman–Crippen LogP) is 3.19. The molecule has 0 bridgehead atoms. The van der Waals surface area contributed by atoms with Gasteiger partial charge in [0.15, 0.2) is 0 Å². The Morgan fingerprint density at radius 3 is 2.37 bits per heavy atom. The fourth-order valence-electron chi connectivity index (χ4n) is 1.87. The van der Waals surface area contributed by atoms with Crippen molar-refractivity contribution in [3.05, 3.63) is 51.7 Å². The van der Waals surface area contributed by atoms with Crippen LogP contribution in [0.5, 0.6) is 0 Å². The summed E-state index contributed by atoms with van der Waals surface area (Å²) in [7, 11) is -1.80. The van der Waals surface area contributed by atoms with Crippen LogP contribution in [0.1, 0.15) is 16.0 Å². The van der Waals surface area contributed by atoms with Gasteiger partial charge >= 0.3 is 0 Å². The van der Waals surface area contributed by atoms with E-state index in [4.69, 9.17) is 0 Å². The predicted molar refractivity (Wildman–Crippen MR) is 78.9 cm³/mol. The Morgan fingerprint density at radius 2 is 1.79 bits per heavy atom. The Kier molecular flexibility index (Phi) is 4.08. The minimum Gasteiger partial charge on any atom is -0.207 e. The van der Waals surface area contributed by atoms with Gasteiger partial charge in [-0.1, -0.05) is 18.2 Å². The second-order valence-electron chi connectivity index (χ2n) is 4.55. The van der Waals surface area contributed by atoms with Crippen LogP contribution in [0.25, 0.3) is 0 Å².